The molecule has 9 heteroatoms. The van der Waals surface area contributed by atoms with E-state index in [-0.39, 0.29) is 17.3 Å². The van der Waals surface area contributed by atoms with Gasteiger partial charge in [0.05, 0.1) is 10.6 Å². The Morgan fingerprint density at radius 3 is 2.14 bits per heavy atom. The number of hydrogen-bond donors (Lipinski definition) is 1. The molecule has 0 unspecified atom stereocenters. The zero-order chi connectivity index (χ0) is 27.2. The topological polar surface area (TPSA) is 86.8 Å². The van der Waals surface area contributed by atoms with Crippen molar-refractivity contribution in [2.75, 3.05) is 17.9 Å². The molecule has 3 rings (SSSR count). The van der Waals surface area contributed by atoms with Crippen molar-refractivity contribution in [1.82, 2.24) is 10.2 Å². The second kappa shape index (κ2) is 12.0. The maximum absolute atomic E-state index is 13.8. The lowest BCUT2D eigenvalue weighted by atomic mass is 10.1. The number of sulfonamides is 1. The van der Waals surface area contributed by atoms with Crippen LogP contribution in [0.2, 0.25) is 0 Å². The molecule has 0 saturated heterocycles. The molecule has 2 amide bonds. The van der Waals surface area contributed by atoms with Crippen LogP contribution in [0.4, 0.5) is 10.1 Å². The predicted molar refractivity (Wildman–Crippen MR) is 142 cm³/mol. The van der Waals surface area contributed by atoms with Gasteiger partial charge in [0.2, 0.25) is 11.8 Å². The lowest BCUT2D eigenvalue weighted by Crippen LogP contribution is -2.51. The maximum Gasteiger partial charge on any atom is 0.264 e. The molecule has 0 aliphatic heterocycles. The van der Waals surface area contributed by atoms with Gasteiger partial charge in [-0.2, -0.15) is 0 Å². The predicted octanol–water partition coefficient (Wildman–Crippen LogP) is 4.19. The molecule has 0 spiro atoms. The summed E-state index contributed by atoms with van der Waals surface area (Å²) in [6.07, 6.45) is 0.307. The van der Waals surface area contributed by atoms with Crippen LogP contribution in [0.15, 0.2) is 77.7 Å². The second-order valence-electron chi connectivity index (χ2n) is 8.80. The first-order valence-electron chi connectivity index (χ1n) is 12.0. The maximum atomic E-state index is 13.8. The number of anilines is 1. The third-order valence-electron chi connectivity index (χ3n) is 6.17. The van der Waals surface area contributed by atoms with E-state index in [1.165, 1.54) is 48.3 Å². The van der Waals surface area contributed by atoms with Crippen LogP contribution in [0.1, 0.15) is 30.0 Å². The number of para-hydroxylation sites is 1. The molecule has 7 nitrogen and oxygen atoms in total. The van der Waals surface area contributed by atoms with Crippen molar-refractivity contribution in [3.8, 4) is 0 Å². The van der Waals surface area contributed by atoms with Crippen LogP contribution in [-0.4, -0.2) is 44.8 Å². The van der Waals surface area contributed by atoms with Gasteiger partial charge in [0.1, 0.15) is 18.4 Å². The van der Waals surface area contributed by atoms with Crippen LogP contribution in [0, 0.1) is 19.7 Å². The second-order valence-corrected chi connectivity index (χ2v) is 10.7. The minimum Gasteiger partial charge on any atom is -0.357 e. The minimum atomic E-state index is -4.12. The molecule has 0 heterocycles. The molecule has 0 saturated carbocycles. The summed E-state index contributed by atoms with van der Waals surface area (Å²) in [7, 11) is -2.64. The van der Waals surface area contributed by atoms with Gasteiger partial charge in [0.15, 0.2) is 0 Å². The fourth-order valence-electron chi connectivity index (χ4n) is 4.07. The van der Waals surface area contributed by atoms with Crippen molar-refractivity contribution < 1.29 is 22.4 Å². The Kier molecular flexibility index (Phi) is 9.04. The quantitative estimate of drug-likeness (QED) is 0.430. The molecule has 37 heavy (non-hydrogen) atoms. The SMILES string of the molecule is CC[C@H](C(=O)NC)N(Cc1ccc(F)cc1)C(=O)CN(c1ccccc1C)S(=O)(=O)c1ccc(C)cc1. The molecule has 0 aromatic heterocycles. The molecule has 0 aliphatic carbocycles. The number of rotatable bonds is 10. The van der Waals surface area contributed by atoms with Crippen molar-refractivity contribution in [2.24, 2.45) is 0 Å². The van der Waals surface area contributed by atoms with Gasteiger partial charge in [-0.1, -0.05) is 55.0 Å². The Bertz CT molecular complexity index is 1340. The first kappa shape index (κ1) is 27.9. The smallest absolute Gasteiger partial charge is 0.264 e. The third kappa shape index (κ3) is 6.54. The highest BCUT2D eigenvalue weighted by atomic mass is 32.2. The molecular weight excluding hydrogens is 493 g/mol. The standard InChI is InChI=1S/C28H32FN3O4S/c1-5-25(28(34)30-4)31(18-22-12-14-23(29)15-13-22)27(33)19-32(26-9-7-6-8-21(26)3)37(35,36)24-16-10-20(2)11-17-24/h6-17,25H,5,18-19H2,1-4H3,(H,30,34)/t25-/m1/s1. The first-order chi connectivity index (χ1) is 17.6. The van der Waals surface area contributed by atoms with Crippen molar-refractivity contribution in [3.63, 3.8) is 0 Å². The van der Waals surface area contributed by atoms with E-state index < -0.39 is 34.3 Å². The van der Waals surface area contributed by atoms with Gasteiger partial charge in [-0.05, 0) is 61.7 Å². The number of aryl methyl sites for hydroxylation is 2. The molecule has 0 bridgehead atoms. The Morgan fingerprint density at radius 2 is 1.57 bits per heavy atom. The number of carbonyl (C=O) groups excluding carboxylic acids is 2. The molecule has 0 aliphatic rings. The van der Waals surface area contributed by atoms with E-state index in [1.54, 1.807) is 50.2 Å². The zero-order valence-electron chi connectivity index (χ0n) is 21.4. The van der Waals surface area contributed by atoms with E-state index >= 15 is 0 Å². The summed E-state index contributed by atoms with van der Waals surface area (Å²) in [5.41, 5.74) is 2.56. The van der Waals surface area contributed by atoms with Crippen LogP contribution < -0.4 is 9.62 Å². The van der Waals surface area contributed by atoms with Gasteiger partial charge in [0, 0.05) is 13.6 Å². The van der Waals surface area contributed by atoms with E-state index in [0.29, 0.717) is 23.2 Å². The Morgan fingerprint density at radius 1 is 0.946 bits per heavy atom. The normalized spacial score (nSPS) is 12.0. The number of nitrogens with one attached hydrogen (secondary N) is 1. The van der Waals surface area contributed by atoms with E-state index in [4.69, 9.17) is 0 Å². The molecule has 1 atom stereocenters. The van der Waals surface area contributed by atoms with Gasteiger partial charge >= 0.3 is 0 Å². The van der Waals surface area contributed by atoms with Crippen LogP contribution >= 0.6 is 0 Å². The number of benzene rings is 3. The van der Waals surface area contributed by atoms with Crippen LogP contribution in [0.5, 0.6) is 0 Å². The summed E-state index contributed by atoms with van der Waals surface area (Å²) in [5, 5.41) is 2.58. The monoisotopic (exact) mass is 525 g/mol. The molecule has 3 aromatic rings. The summed E-state index contributed by atoms with van der Waals surface area (Å²) >= 11 is 0. The van der Waals surface area contributed by atoms with Gasteiger partial charge in [0.25, 0.3) is 10.0 Å². The number of likely N-dealkylation sites (N-methyl/N-ethyl adjacent to an activating group) is 1. The molecule has 196 valence electrons. The fraction of sp³-hybridized carbons (Fsp3) is 0.286. The number of hydrogen-bond acceptors (Lipinski definition) is 4. The van der Waals surface area contributed by atoms with Crippen LogP contribution in [-0.2, 0) is 26.2 Å². The Balaban J connectivity index is 2.06. The summed E-state index contributed by atoms with van der Waals surface area (Å²) in [4.78, 5) is 27.9. The van der Waals surface area contributed by atoms with Crippen molar-refractivity contribution in [2.45, 2.75) is 44.7 Å². The lowest BCUT2D eigenvalue weighted by molar-refractivity contribution is -0.140. The first-order valence-corrected chi connectivity index (χ1v) is 13.4. The summed E-state index contributed by atoms with van der Waals surface area (Å²) in [6.45, 7) is 4.89. The summed E-state index contributed by atoms with van der Waals surface area (Å²) in [5.74, 6) is -1.35. The Hall–Kier alpha value is -3.72. The number of nitrogens with zero attached hydrogens (tertiary/aromatic N) is 2. The summed E-state index contributed by atoms with van der Waals surface area (Å²) in [6, 6.07) is 18.1. The average Bonchev–Trinajstić information content (AvgIpc) is 2.88. The number of halogens is 1. The van der Waals surface area contributed by atoms with Gasteiger partial charge < -0.3 is 10.2 Å². The summed E-state index contributed by atoms with van der Waals surface area (Å²) < 4.78 is 42.2. The van der Waals surface area contributed by atoms with Crippen LogP contribution in [0.25, 0.3) is 0 Å². The highest BCUT2D eigenvalue weighted by molar-refractivity contribution is 7.92. The molecule has 0 radical (unpaired) electrons. The van der Waals surface area contributed by atoms with Crippen molar-refractivity contribution >= 4 is 27.5 Å². The van der Waals surface area contributed by atoms with E-state index in [0.717, 1.165) is 9.87 Å². The van der Waals surface area contributed by atoms with E-state index in [2.05, 4.69) is 5.32 Å². The third-order valence-corrected chi connectivity index (χ3v) is 7.94. The van der Waals surface area contributed by atoms with E-state index in [1.807, 2.05) is 6.92 Å². The zero-order valence-corrected chi connectivity index (χ0v) is 22.3. The fourth-order valence-corrected chi connectivity index (χ4v) is 5.55. The average molecular weight is 526 g/mol. The lowest BCUT2D eigenvalue weighted by Gasteiger charge is -2.33. The van der Waals surface area contributed by atoms with Gasteiger partial charge in [-0.25, -0.2) is 12.8 Å². The molecule has 0 fully saturated rings. The van der Waals surface area contributed by atoms with Gasteiger partial charge in [-0.15, -0.1) is 0 Å². The van der Waals surface area contributed by atoms with Crippen molar-refractivity contribution in [3.05, 3.63) is 95.3 Å². The number of carbonyl (C=O) groups is 2. The minimum absolute atomic E-state index is 0.0111. The van der Waals surface area contributed by atoms with Gasteiger partial charge in [-0.3, -0.25) is 13.9 Å². The Labute approximate surface area is 218 Å². The number of amides is 2. The van der Waals surface area contributed by atoms with Crippen molar-refractivity contribution in [1.29, 1.82) is 0 Å². The highest BCUT2D eigenvalue weighted by Crippen LogP contribution is 2.27. The molecular formula is C28H32FN3O4S. The highest BCUT2D eigenvalue weighted by Gasteiger charge is 2.33. The van der Waals surface area contributed by atoms with Crippen LogP contribution in [0.3, 0.4) is 0 Å². The van der Waals surface area contributed by atoms with E-state index in [9.17, 15) is 22.4 Å². The largest absolute Gasteiger partial charge is 0.357 e. The molecule has 3 aromatic carbocycles. The molecule has 1 N–H and O–H groups in total.